The number of imidazole rings is 1. The first-order valence-electron chi connectivity index (χ1n) is 14.6. The van der Waals surface area contributed by atoms with E-state index in [4.69, 9.17) is 9.97 Å². The highest BCUT2D eigenvalue weighted by Gasteiger charge is 2.30. The van der Waals surface area contributed by atoms with Crippen molar-refractivity contribution in [3.05, 3.63) is 54.4 Å². The van der Waals surface area contributed by atoms with Gasteiger partial charge in [-0.15, -0.1) is 0 Å². The van der Waals surface area contributed by atoms with Crippen LogP contribution in [0, 0.1) is 0 Å². The molecule has 0 fully saturated rings. The van der Waals surface area contributed by atoms with Crippen LogP contribution >= 0.6 is 0 Å². The number of fused-ring (bicyclic) bond motifs is 5. The predicted octanol–water partition coefficient (Wildman–Crippen LogP) is 8.84. The molecule has 0 spiro atoms. The average molecular weight is 538 g/mol. The van der Waals surface area contributed by atoms with E-state index in [1.807, 2.05) is 52.9 Å². The molecule has 0 saturated carbocycles. The van der Waals surface area contributed by atoms with E-state index in [9.17, 15) is 13.0 Å². The van der Waals surface area contributed by atoms with E-state index in [0.717, 1.165) is 35.7 Å². The molecule has 0 radical (unpaired) electrons. The summed E-state index contributed by atoms with van der Waals surface area (Å²) in [7, 11) is -4.35. The van der Waals surface area contributed by atoms with Crippen LogP contribution in [0.4, 0.5) is 0 Å². The van der Waals surface area contributed by atoms with Crippen molar-refractivity contribution in [2.75, 3.05) is 0 Å². The number of rotatable bonds is 17. The van der Waals surface area contributed by atoms with E-state index >= 15 is 0 Å². The molecule has 38 heavy (non-hydrogen) atoms. The first-order valence-corrected chi connectivity index (χ1v) is 16.1. The maximum atomic E-state index is 12.6. The maximum Gasteiger partial charge on any atom is 0.275 e. The van der Waals surface area contributed by atoms with E-state index in [-0.39, 0.29) is 0 Å². The summed E-state index contributed by atoms with van der Waals surface area (Å²) in [6.07, 6.45) is 17.7. The molecule has 7 heteroatoms. The molecule has 1 N–H and O–H groups in total. The van der Waals surface area contributed by atoms with Crippen LogP contribution < -0.4 is 0 Å². The molecule has 1 unspecified atom stereocenters. The van der Waals surface area contributed by atoms with Crippen molar-refractivity contribution in [2.24, 2.45) is 0 Å². The van der Waals surface area contributed by atoms with Crippen LogP contribution in [0.2, 0.25) is 0 Å². The molecule has 0 aliphatic carbocycles. The summed E-state index contributed by atoms with van der Waals surface area (Å²) in [5.41, 5.74) is 2.92. The van der Waals surface area contributed by atoms with Crippen molar-refractivity contribution in [3.63, 3.8) is 0 Å². The predicted molar refractivity (Wildman–Crippen MR) is 157 cm³/mol. The molecular weight excluding hydrogens is 494 g/mol. The summed E-state index contributed by atoms with van der Waals surface area (Å²) >= 11 is 0. The minimum absolute atomic E-state index is 0.337. The second kappa shape index (κ2) is 14.0. The van der Waals surface area contributed by atoms with Crippen LogP contribution in [-0.4, -0.2) is 27.3 Å². The van der Waals surface area contributed by atoms with E-state index in [0.29, 0.717) is 23.4 Å². The number of nitrogens with zero attached hydrogens (tertiary/aromatic N) is 3. The van der Waals surface area contributed by atoms with Crippen LogP contribution in [0.5, 0.6) is 0 Å². The number of hydrogen-bond donors (Lipinski definition) is 1. The number of para-hydroxylation sites is 3. The van der Waals surface area contributed by atoms with Crippen molar-refractivity contribution in [3.8, 4) is 0 Å². The summed E-state index contributed by atoms with van der Waals surface area (Å²) in [5, 5.41) is -0.234. The zero-order valence-electron chi connectivity index (χ0n) is 22.8. The lowest BCUT2D eigenvalue weighted by molar-refractivity contribution is 0.454. The molecule has 0 bridgehead atoms. The zero-order valence-corrected chi connectivity index (χ0v) is 23.6. The smallest absolute Gasteiger partial charge is 0.275 e. The summed E-state index contributed by atoms with van der Waals surface area (Å²) in [4.78, 5) is 9.55. The Kier molecular flexibility index (Phi) is 10.5. The van der Waals surface area contributed by atoms with Gasteiger partial charge in [-0.3, -0.25) is 8.95 Å². The lowest BCUT2D eigenvalue weighted by Gasteiger charge is -2.17. The van der Waals surface area contributed by atoms with Crippen molar-refractivity contribution in [2.45, 2.75) is 108 Å². The maximum absolute atomic E-state index is 12.6. The molecule has 1 atom stereocenters. The fourth-order valence-corrected chi connectivity index (χ4v) is 6.41. The minimum atomic E-state index is -4.35. The number of benzene rings is 2. The molecule has 6 nitrogen and oxygen atoms in total. The highest BCUT2D eigenvalue weighted by Crippen LogP contribution is 2.32. The van der Waals surface area contributed by atoms with Crippen LogP contribution in [-0.2, 0) is 10.1 Å². The highest BCUT2D eigenvalue weighted by atomic mass is 32.2. The molecule has 0 saturated heterocycles. The second-order valence-electron chi connectivity index (χ2n) is 10.6. The molecule has 0 aliphatic heterocycles. The fraction of sp³-hybridized carbons (Fsp3) is 0.548. The van der Waals surface area contributed by atoms with Gasteiger partial charge in [-0.05, 0) is 30.7 Å². The molecule has 4 rings (SSSR count). The van der Waals surface area contributed by atoms with E-state index in [1.54, 1.807) is 0 Å². The molecule has 4 aromatic rings. The van der Waals surface area contributed by atoms with E-state index in [2.05, 4.69) is 6.92 Å². The van der Waals surface area contributed by atoms with Crippen molar-refractivity contribution in [1.29, 1.82) is 0 Å². The van der Waals surface area contributed by atoms with Crippen LogP contribution in [0.25, 0.3) is 27.6 Å². The van der Waals surface area contributed by atoms with Crippen LogP contribution in [0.1, 0.15) is 114 Å². The molecule has 2 heterocycles. The van der Waals surface area contributed by atoms with Gasteiger partial charge in [0.05, 0.1) is 16.6 Å². The topological polar surface area (TPSA) is 84.6 Å². The summed E-state index contributed by atoms with van der Waals surface area (Å²) < 4.78 is 37.3. The Labute approximate surface area is 227 Å². The third-order valence-corrected chi connectivity index (χ3v) is 8.80. The molecule has 2 aromatic heterocycles. The summed E-state index contributed by atoms with van der Waals surface area (Å²) in [5.74, 6) is 0.338. The highest BCUT2D eigenvalue weighted by molar-refractivity contribution is 7.86. The third-order valence-electron chi connectivity index (χ3n) is 7.64. The lowest BCUT2D eigenvalue weighted by Crippen LogP contribution is -2.18. The van der Waals surface area contributed by atoms with Gasteiger partial charge in [0.25, 0.3) is 10.1 Å². The third kappa shape index (κ3) is 7.32. The Morgan fingerprint density at radius 2 is 1.24 bits per heavy atom. The average Bonchev–Trinajstić information content (AvgIpc) is 3.30. The second-order valence-corrected chi connectivity index (χ2v) is 12.2. The van der Waals surface area contributed by atoms with Gasteiger partial charge >= 0.3 is 0 Å². The molecule has 0 amide bonds. The van der Waals surface area contributed by atoms with Gasteiger partial charge in [-0.1, -0.05) is 121 Å². The largest absolute Gasteiger partial charge is 0.285 e. The first-order chi connectivity index (χ1) is 18.5. The summed E-state index contributed by atoms with van der Waals surface area (Å²) in [6, 6.07) is 15.3. The van der Waals surface area contributed by atoms with Gasteiger partial charge in [0.2, 0.25) is 0 Å². The van der Waals surface area contributed by atoms with Gasteiger partial charge in [-0.25, -0.2) is 9.97 Å². The number of hydrogen-bond acceptors (Lipinski definition) is 4. The molecule has 2 aromatic carbocycles. The van der Waals surface area contributed by atoms with Gasteiger partial charge in [0.15, 0.2) is 0 Å². The SMILES string of the molecule is CCCCCCCCCCCCCCCCC(c1nc2ccccc2c2nc3ccccc3n12)S(=O)(=O)O. The zero-order chi connectivity index (χ0) is 26.8. The Bertz CT molecular complexity index is 1410. The van der Waals surface area contributed by atoms with Crippen LogP contribution in [0.15, 0.2) is 48.5 Å². The summed E-state index contributed by atoms with van der Waals surface area (Å²) in [6.45, 7) is 2.26. The fourth-order valence-electron chi connectivity index (χ4n) is 5.52. The molecule has 0 aliphatic rings. The van der Waals surface area contributed by atoms with Crippen molar-refractivity contribution < 1.29 is 13.0 Å². The van der Waals surface area contributed by atoms with Gasteiger partial charge < -0.3 is 0 Å². The number of aromatic nitrogens is 3. The van der Waals surface area contributed by atoms with Gasteiger partial charge in [0, 0.05) is 5.39 Å². The Balaban J connectivity index is 1.34. The number of unbranched alkanes of at least 4 members (excludes halogenated alkanes) is 13. The Morgan fingerprint density at radius 1 is 0.711 bits per heavy atom. The normalized spacial score (nSPS) is 13.1. The van der Waals surface area contributed by atoms with E-state index in [1.165, 1.54) is 70.6 Å². The monoisotopic (exact) mass is 537 g/mol. The quantitative estimate of drug-likeness (QED) is 0.107. The standard InChI is InChI=1S/C31H43N3O3S/c1-2-3-4-5-6-7-8-9-10-11-12-13-14-15-24-29(38(35,36)37)31-32-26-21-17-16-20-25(26)30-33-27-22-18-19-23-28(27)34(30)31/h16-23,29H,2-15,24H2,1H3,(H,35,36,37). The lowest BCUT2D eigenvalue weighted by atomic mass is 10.0. The van der Waals surface area contributed by atoms with Crippen molar-refractivity contribution >= 4 is 37.7 Å². The first kappa shape index (κ1) is 28.5. The van der Waals surface area contributed by atoms with Gasteiger partial charge in [0.1, 0.15) is 16.7 Å². The van der Waals surface area contributed by atoms with Gasteiger partial charge in [-0.2, -0.15) is 8.42 Å². The molecular formula is C31H43N3O3S. The van der Waals surface area contributed by atoms with Crippen LogP contribution in [0.3, 0.4) is 0 Å². The minimum Gasteiger partial charge on any atom is -0.285 e. The van der Waals surface area contributed by atoms with Crippen molar-refractivity contribution in [1.82, 2.24) is 14.4 Å². The Morgan fingerprint density at radius 3 is 1.84 bits per heavy atom. The van der Waals surface area contributed by atoms with E-state index < -0.39 is 15.4 Å². The molecule has 206 valence electrons. The Hall–Kier alpha value is -2.51.